The zero-order valence-electron chi connectivity index (χ0n) is 11.8. The van der Waals surface area contributed by atoms with Gasteiger partial charge in [0.05, 0.1) is 5.52 Å². The van der Waals surface area contributed by atoms with Gasteiger partial charge in [-0.05, 0) is 30.3 Å². The first kappa shape index (κ1) is 12.6. The Morgan fingerprint density at radius 2 is 1.86 bits per heavy atom. The molecule has 4 rings (SSSR count). The summed E-state index contributed by atoms with van der Waals surface area (Å²) in [5, 5.41) is 10.2. The summed E-state index contributed by atoms with van der Waals surface area (Å²) in [6.45, 7) is 1.49. The molecule has 0 aliphatic carbocycles. The summed E-state index contributed by atoms with van der Waals surface area (Å²) in [6.07, 6.45) is 0. The standard InChI is InChI=1S/C17H12N2O3/c1-10(20)19-14-5-3-2-4-13(14)15-17(19)22-16(18-15)11-6-8-12(21)9-7-11/h2-9,21H,1H3. The smallest absolute Gasteiger partial charge is 0.236 e. The van der Waals surface area contributed by atoms with Gasteiger partial charge < -0.3 is 9.52 Å². The molecule has 0 atom stereocenters. The van der Waals surface area contributed by atoms with Crippen LogP contribution in [0.5, 0.6) is 5.75 Å². The number of phenolic OH excluding ortho intramolecular Hbond substituents is 1. The number of nitrogens with zero attached hydrogens (tertiary/aromatic N) is 2. The molecule has 0 radical (unpaired) electrons. The van der Waals surface area contributed by atoms with E-state index in [1.165, 1.54) is 11.5 Å². The second-order valence-corrected chi connectivity index (χ2v) is 5.09. The number of aromatic hydroxyl groups is 1. The van der Waals surface area contributed by atoms with Crippen LogP contribution < -0.4 is 0 Å². The summed E-state index contributed by atoms with van der Waals surface area (Å²) in [4.78, 5) is 16.5. The van der Waals surface area contributed by atoms with Gasteiger partial charge in [0.1, 0.15) is 11.3 Å². The summed E-state index contributed by atoms with van der Waals surface area (Å²) in [5.74, 6) is 0.476. The fourth-order valence-corrected chi connectivity index (χ4v) is 2.66. The lowest BCUT2D eigenvalue weighted by atomic mass is 10.2. The minimum Gasteiger partial charge on any atom is -0.508 e. The van der Waals surface area contributed by atoms with E-state index in [1.807, 2.05) is 24.3 Å². The lowest BCUT2D eigenvalue weighted by Gasteiger charge is -2.00. The van der Waals surface area contributed by atoms with Crippen molar-refractivity contribution in [1.82, 2.24) is 9.55 Å². The van der Waals surface area contributed by atoms with Crippen molar-refractivity contribution in [2.45, 2.75) is 6.92 Å². The lowest BCUT2D eigenvalue weighted by molar-refractivity contribution is 0.0943. The van der Waals surface area contributed by atoms with Gasteiger partial charge in [-0.15, -0.1) is 0 Å². The van der Waals surface area contributed by atoms with Crippen LogP contribution in [0.1, 0.15) is 11.7 Å². The van der Waals surface area contributed by atoms with Gasteiger partial charge in [-0.3, -0.25) is 4.79 Å². The highest BCUT2D eigenvalue weighted by molar-refractivity contribution is 6.10. The average molecular weight is 292 g/mol. The van der Waals surface area contributed by atoms with Crippen molar-refractivity contribution in [3.63, 3.8) is 0 Å². The number of benzene rings is 2. The maximum atomic E-state index is 12.0. The van der Waals surface area contributed by atoms with Crippen molar-refractivity contribution in [1.29, 1.82) is 0 Å². The first-order chi connectivity index (χ1) is 10.6. The van der Waals surface area contributed by atoms with E-state index in [9.17, 15) is 9.90 Å². The second kappa shape index (κ2) is 4.46. The molecule has 5 nitrogen and oxygen atoms in total. The number of para-hydroxylation sites is 1. The summed E-state index contributed by atoms with van der Waals surface area (Å²) < 4.78 is 7.35. The Labute approximate surface area is 125 Å². The van der Waals surface area contributed by atoms with Crippen LogP contribution >= 0.6 is 0 Å². The van der Waals surface area contributed by atoms with Gasteiger partial charge in [-0.1, -0.05) is 18.2 Å². The summed E-state index contributed by atoms with van der Waals surface area (Å²) in [5.41, 5.74) is 2.63. The Hall–Kier alpha value is -3.08. The Morgan fingerprint density at radius 3 is 2.59 bits per heavy atom. The van der Waals surface area contributed by atoms with E-state index in [0.717, 1.165) is 16.5 Å². The van der Waals surface area contributed by atoms with Crippen LogP contribution in [0, 0.1) is 0 Å². The fourth-order valence-electron chi connectivity index (χ4n) is 2.66. The highest BCUT2D eigenvalue weighted by atomic mass is 16.4. The number of oxazole rings is 1. The third-order valence-corrected chi connectivity index (χ3v) is 3.64. The number of aromatic nitrogens is 2. The highest BCUT2D eigenvalue weighted by Gasteiger charge is 2.19. The SMILES string of the molecule is CC(=O)n1c2ccccc2c2nc(-c3ccc(O)cc3)oc21. The number of carbonyl (C=O) groups is 1. The second-order valence-electron chi connectivity index (χ2n) is 5.09. The predicted molar refractivity (Wildman–Crippen MR) is 82.9 cm³/mol. The topological polar surface area (TPSA) is 68.3 Å². The molecule has 108 valence electrons. The van der Waals surface area contributed by atoms with E-state index in [2.05, 4.69) is 4.98 Å². The maximum absolute atomic E-state index is 12.0. The van der Waals surface area contributed by atoms with Crippen LogP contribution in [0.15, 0.2) is 52.9 Å². The summed E-state index contributed by atoms with van der Waals surface area (Å²) in [6, 6.07) is 14.2. The molecule has 0 bridgehead atoms. The Morgan fingerprint density at radius 1 is 1.14 bits per heavy atom. The van der Waals surface area contributed by atoms with Crippen molar-refractivity contribution < 1.29 is 14.3 Å². The highest BCUT2D eigenvalue weighted by Crippen LogP contribution is 2.32. The molecule has 4 aromatic rings. The molecule has 2 aromatic carbocycles. The van der Waals surface area contributed by atoms with Gasteiger partial charge in [-0.25, -0.2) is 9.55 Å². The fraction of sp³-hybridized carbons (Fsp3) is 0.0588. The first-order valence-corrected chi connectivity index (χ1v) is 6.85. The minimum atomic E-state index is -0.125. The third kappa shape index (κ3) is 1.72. The molecule has 1 N–H and O–H groups in total. The molecule has 0 fully saturated rings. The Kier molecular flexibility index (Phi) is 2.56. The van der Waals surface area contributed by atoms with Crippen LogP contribution in [0.4, 0.5) is 0 Å². The third-order valence-electron chi connectivity index (χ3n) is 3.64. The Bertz CT molecular complexity index is 1010. The maximum Gasteiger partial charge on any atom is 0.236 e. The van der Waals surface area contributed by atoms with Crippen LogP contribution in [0.2, 0.25) is 0 Å². The zero-order valence-corrected chi connectivity index (χ0v) is 11.8. The summed E-state index contributed by atoms with van der Waals surface area (Å²) >= 11 is 0. The average Bonchev–Trinajstić information content (AvgIpc) is 3.04. The quantitative estimate of drug-likeness (QED) is 0.579. The molecule has 0 amide bonds. The van der Waals surface area contributed by atoms with Gasteiger partial charge in [0.25, 0.3) is 0 Å². The number of carbonyl (C=O) groups excluding carboxylic acids is 1. The summed E-state index contributed by atoms with van der Waals surface area (Å²) in [7, 11) is 0. The number of hydrogen-bond acceptors (Lipinski definition) is 4. The van der Waals surface area contributed by atoms with E-state index in [-0.39, 0.29) is 11.7 Å². The lowest BCUT2D eigenvalue weighted by Crippen LogP contribution is -2.03. The van der Waals surface area contributed by atoms with Crippen molar-refractivity contribution in [3.8, 4) is 17.2 Å². The monoisotopic (exact) mass is 292 g/mol. The van der Waals surface area contributed by atoms with Gasteiger partial charge in [0, 0.05) is 17.9 Å². The van der Waals surface area contributed by atoms with E-state index in [4.69, 9.17) is 4.42 Å². The number of phenols is 1. The molecule has 0 spiro atoms. The minimum absolute atomic E-state index is 0.125. The molecule has 0 saturated carbocycles. The van der Waals surface area contributed by atoms with E-state index in [0.29, 0.717) is 17.1 Å². The van der Waals surface area contributed by atoms with Crippen molar-refractivity contribution >= 4 is 28.0 Å². The zero-order chi connectivity index (χ0) is 15.3. The largest absolute Gasteiger partial charge is 0.508 e. The van der Waals surface area contributed by atoms with E-state index < -0.39 is 0 Å². The molecule has 2 aromatic heterocycles. The van der Waals surface area contributed by atoms with Gasteiger partial charge in [-0.2, -0.15) is 0 Å². The van der Waals surface area contributed by atoms with Crippen LogP contribution in [0.25, 0.3) is 33.6 Å². The molecule has 0 aliphatic heterocycles. The van der Waals surface area contributed by atoms with Crippen LogP contribution in [-0.4, -0.2) is 20.6 Å². The molecular weight excluding hydrogens is 280 g/mol. The van der Waals surface area contributed by atoms with Gasteiger partial charge in [0.15, 0.2) is 0 Å². The molecule has 2 heterocycles. The number of fused-ring (bicyclic) bond motifs is 3. The first-order valence-electron chi connectivity index (χ1n) is 6.85. The van der Waals surface area contributed by atoms with Gasteiger partial charge >= 0.3 is 0 Å². The number of hydrogen-bond donors (Lipinski definition) is 1. The predicted octanol–water partition coefficient (Wildman–Crippen LogP) is 3.82. The Balaban J connectivity index is 2.03. The molecule has 0 aliphatic rings. The molecule has 0 saturated heterocycles. The number of rotatable bonds is 1. The van der Waals surface area contributed by atoms with E-state index >= 15 is 0 Å². The van der Waals surface area contributed by atoms with Crippen molar-refractivity contribution in [2.24, 2.45) is 0 Å². The molecule has 0 unspecified atom stereocenters. The normalized spacial score (nSPS) is 11.3. The van der Waals surface area contributed by atoms with Gasteiger partial charge in [0.2, 0.25) is 17.5 Å². The van der Waals surface area contributed by atoms with Crippen molar-refractivity contribution in [3.05, 3.63) is 48.5 Å². The molecule has 5 heteroatoms. The van der Waals surface area contributed by atoms with Crippen molar-refractivity contribution in [2.75, 3.05) is 0 Å². The van der Waals surface area contributed by atoms with Crippen LogP contribution in [0.3, 0.4) is 0 Å². The van der Waals surface area contributed by atoms with E-state index in [1.54, 1.807) is 24.3 Å². The molecular formula is C17H12N2O3. The van der Waals surface area contributed by atoms with Crippen LogP contribution in [-0.2, 0) is 0 Å². The molecule has 22 heavy (non-hydrogen) atoms.